The molecule has 0 atom stereocenters. The Hall–Kier alpha value is -3.75. The number of primary amides is 1. The summed E-state index contributed by atoms with van der Waals surface area (Å²) in [4.78, 5) is 34.6. The normalized spacial score (nSPS) is 18.3. The fourth-order valence-corrected chi connectivity index (χ4v) is 5.64. The number of hydrogen-bond acceptors (Lipinski definition) is 6. The summed E-state index contributed by atoms with van der Waals surface area (Å²) in [5.41, 5.74) is 8.52. The smallest absolute Gasteiger partial charge is 0.254 e. The summed E-state index contributed by atoms with van der Waals surface area (Å²) >= 11 is 7.95. The number of carbonyl (C=O) groups is 2. The van der Waals surface area contributed by atoms with Gasteiger partial charge in [-0.15, -0.1) is 0 Å². The molecule has 2 aliphatic rings. The third kappa shape index (κ3) is 6.03. The Balaban J connectivity index is 1.29. The van der Waals surface area contributed by atoms with Crippen LogP contribution in [0.4, 0.5) is 5.13 Å². The van der Waals surface area contributed by atoms with Gasteiger partial charge in [-0.3, -0.25) is 9.59 Å². The maximum absolute atomic E-state index is 12.9. The topological polar surface area (TPSA) is 107 Å². The van der Waals surface area contributed by atoms with Crippen LogP contribution < -0.4 is 15.8 Å². The number of nitrogens with one attached hydrogen (secondary N) is 1. The number of thiazole rings is 1. The van der Waals surface area contributed by atoms with Crippen molar-refractivity contribution in [3.63, 3.8) is 0 Å². The Labute approximate surface area is 230 Å². The van der Waals surface area contributed by atoms with E-state index in [1.165, 1.54) is 35.6 Å². The van der Waals surface area contributed by atoms with E-state index >= 15 is 0 Å². The highest BCUT2D eigenvalue weighted by Gasteiger charge is 2.27. The lowest BCUT2D eigenvalue weighted by Gasteiger charge is -2.24. The molecule has 2 aliphatic carbocycles. The number of nitrogens with two attached hydrogens (primary N) is 1. The second-order valence-electron chi connectivity index (χ2n) is 9.20. The average Bonchev–Trinajstić information content (AvgIpc) is 3.22. The first-order valence-electron chi connectivity index (χ1n) is 12.5. The minimum absolute atomic E-state index is 0.0690. The van der Waals surface area contributed by atoms with Gasteiger partial charge in [0.05, 0.1) is 22.0 Å². The van der Waals surface area contributed by atoms with E-state index in [1.54, 1.807) is 24.3 Å². The Morgan fingerprint density at radius 3 is 2.82 bits per heavy atom. The molecule has 3 aromatic rings. The molecule has 1 aromatic carbocycles. The zero-order chi connectivity index (χ0) is 26.5. The molecule has 0 radical (unpaired) electrons. The Kier molecular flexibility index (Phi) is 8.00. The van der Waals surface area contributed by atoms with Crippen LogP contribution in [0.15, 0.2) is 66.9 Å². The molecular weight excluding hydrogens is 520 g/mol. The molecule has 2 aromatic heterocycles. The molecule has 3 N–H and O–H groups in total. The van der Waals surface area contributed by atoms with E-state index in [-0.39, 0.29) is 28.8 Å². The Morgan fingerprint density at radius 1 is 1.18 bits per heavy atom. The van der Waals surface area contributed by atoms with Gasteiger partial charge in [-0.1, -0.05) is 65.8 Å². The van der Waals surface area contributed by atoms with E-state index in [9.17, 15) is 9.59 Å². The zero-order valence-corrected chi connectivity index (χ0v) is 22.2. The summed E-state index contributed by atoms with van der Waals surface area (Å²) in [7, 11) is 0. The standard InChI is InChI=1S/C29H27ClN4O3S/c30-22-16-18(13-14-23(22)37-28-21(27(31)36)12-7-15-32-28)17-24(35)33-29-34-25(19-10-6-11-19)26(38-29)20-8-4-2-1-3-5-9-20/h1-2,4,7-9,12-16,19H,3,5-6,10-11,17H2,(H2,31,36)(H,33,34,35)/b2-1+,8-4-,20-9+. The highest BCUT2D eigenvalue weighted by molar-refractivity contribution is 7.17. The van der Waals surface area contributed by atoms with Gasteiger partial charge in [0, 0.05) is 12.1 Å². The van der Waals surface area contributed by atoms with Gasteiger partial charge in [-0.05, 0) is 61.1 Å². The van der Waals surface area contributed by atoms with Crippen LogP contribution in [0.3, 0.4) is 0 Å². The summed E-state index contributed by atoms with van der Waals surface area (Å²) in [6, 6.07) is 8.17. The molecule has 7 nitrogen and oxygen atoms in total. The molecule has 38 heavy (non-hydrogen) atoms. The third-order valence-electron chi connectivity index (χ3n) is 6.48. The molecule has 194 valence electrons. The zero-order valence-electron chi connectivity index (χ0n) is 20.7. The minimum atomic E-state index is -0.651. The molecule has 9 heteroatoms. The van der Waals surface area contributed by atoms with Crippen LogP contribution in [0.25, 0.3) is 5.57 Å². The van der Waals surface area contributed by atoms with E-state index < -0.39 is 5.91 Å². The minimum Gasteiger partial charge on any atom is -0.437 e. The third-order valence-corrected chi connectivity index (χ3v) is 7.81. The van der Waals surface area contributed by atoms with Crippen LogP contribution >= 0.6 is 22.9 Å². The molecular formula is C29H27ClN4O3S. The Morgan fingerprint density at radius 2 is 2.05 bits per heavy atom. The monoisotopic (exact) mass is 546 g/mol. The van der Waals surface area contributed by atoms with Crippen molar-refractivity contribution in [2.24, 2.45) is 5.73 Å². The van der Waals surface area contributed by atoms with Crippen molar-refractivity contribution in [1.82, 2.24) is 9.97 Å². The average molecular weight is 547 g/mol. The van der Waals surface area contributed by atoms with E-state index in [2.05, 4.69) is 40.7 Å². The molecule has 2 heterocycles. The van der Waals surface area contributed by atoms with Crippen molar-refractivity contribution in [3.05, 3.63) is 93.6 Å². The second kappa shape index (κ2) is 11.8. The number of rotatable bonds is 8. The molecule has 0 aliphatic heterocycles. The lowest BCUT2D eigenvalue weighted by Crippen LogP contribution is -2.15. The maximum atomic E-state index is 12.9. The number of pyridine rings is 1. The van der Waals surface area contributed by atoms with Crippen LogP contribution in [0.2, 0.25) is 5.02 Å². The number of nitrogens with zero attached hydrogens (tertiary/aromatic N) is 2. The molecule has 1 saturated carbocycles. The molecule has 5 rings (SSSR count). The van der Waals surface area contributed by atoms with E-state index in [0.717, 1.165) is 36.3 Å². The van der Waals surface area contributed by atoms with Gasteiger partial charge in [-0.2, -0.15) is 0 Å². The van der Waals surface area contributed by atoms with Crippen LogP contribution in [-0.4, -0.2) is 21.8 Å². The number of hydrogen-bond donors (Lipinski definition) is 2. The highest BCUT2D eigenvalue weighted by atomic mass is 35.5. The van der Waals surface area contributed by atoms with Gasteiger partial charge >= 0.3 is 0 Å². The predicted octanol–water partition coefficient (Wildman–Crippen LogP) is 6.82. The predicted molar refractivity (Wildman–Crippen MR) is 151 cm³/mol. The number of aromatic nitrogens is 2. The van der Waals surface area contributed by atoms with Crippen molar-refractivity contribution in [3.8, 4) is 11.6 Å². The molecule has 1 fully saturated rings. The number of allylic oxidation sites excluding steroid dienone is 6. The quantitative estimate of drug-likeness (QED) is 0.322. The number of carbonyl (C=O) groups excluding carboxylic acids is 2. The van der Waals surface area contributed by atoms with Crippen LogP contribution in [-0.2, 0) is 11.2 Å². The van der Waals surface area contributed by atoms with Gasteiger partial charge in [0.15, 0.2) is 5.13 Å². The van der Waals surface area contributed by atoms with E-state index in [0.29, 0.717) is 22.4 Å². The number of amides is 2. The largest absolute Gasteiger partial charge is 0.437 e. The first-order valence-corrected chi connectivity index (χ1v) is 13.7. The fourth-order valence-electron chi connectivity index (χ4n) is 4.31. The van der Waals surface area contributed by atoms with E-state index in [1.807, 2.05) is 0 Å². The summed E-state index contributed by atoms with van der Waals surface area (Å²) in [5, 5.41) is 3.88. The first-order chi connectivity index (χ1) is 18.5. The summed E-state index contributed by atoms with van der Waals surface area (Å²) in [6.45, 7) is 0. The van der Waals surface area contributed by atoms with Gasteiger partial charge in [0.1, 0.15) is 11.3 Å². The fraction of sp³-hybridized carbons (Fsp3) is 0.241. The second-order valence-corrected chi connectivity index (χ2v) is 10.6. The highest BCUT2D eigenvalue weighted by Crippen LogP contribution is 2.43. The SMILES string of the molecule is NC(=O)c1cccnc1Oc1ccc(CC(=O)Nc2nc(C3CCC3)c(C3=C/CC/C=C/C=C\3)s2)cc1Cl. The number of anilines is 1. The van der Waals surface area contributed by atoms with Crippen LogP contribution in [0, 0.1) is 0 Å². The van der Waals surface area contributed by atoms with Crippen LogP contribution in [0.1, 0.15) is 64.5 Å². The summed E-state index contributed by atoms with van der Waals surface area (Å²) in [5.74, 6) is -0.00703. The molecule has 0 saturated heterocycles. The number of ether oxygens (including phenoxy) is 1. The first kappa shape index (κ1) is 25.9. The van der Waals surface area contributed by atoms with Gasteiger partial charge in [0.25, 0.3) is 5.91 Å². The lowest BCUT2D eigenvalue weighted by molar-refractivity contribution is -0.115. The molecule has 0 unspecified atom stereocenters. The van der Waals surface area contributed by atoms with E-state index in [4.69, 9.17) is 27.1 Å². The van der Waals surface area contributed by atoms with Crippen molar-refractivity contribution in [2.45, 2.75) is 44.4 Å². The van der Waals surface area contributed by atoms with Crippen molar-refractivity contribution in [1.29, 1.82) is 0 Å². The summed E-state index contributed by atoms with van der Waals surface area (Å²) in [6.07, 6.45) is 17.8. The van der Waals surface area contributed by atoms with Crippen molar-refractivity contribution < 1.29 is 14.3 Å². The molecule has 0 bridgehead atoms. The Bertz CT molecular complexity index is 1460. The summed E-state index contributed by atoms with van der Waals surface area (Å²) < 4.78 is 5.72. The van der Waals surface area contributed by atoms with Gasteiger partial charge in [0.2, 0.25) is 11.8 Å². The maximum Gasteiger partial charge on any atom is 0.254 e. The van der Waals surface area contributed by atoms with Crippen molar-refractivity contribution >= 4 is 45.5 Å². The lowest BCUT2D eigenvalue weighted by atomic mass is 9.82. The van der Waals surface area contributed by atoms with Crippen molar-refractivity contribution in [2.75, 3.05) is 5.32 Å². The van der Waals surface area contributed by atoms with Gasteiger partial charge < -0.3 is 15.8 Å². The van der Waals surface area contributed by atoms with Crippen LogP contribution in [0.5, 0.6) is 11.6 Å². The molecule has 2 amide bonds. The molecule has 0 spiro atoms. The number of benzene rings is 1. The number of halogens is 1. The van der Waals surface area contributed by atoms with Gasteiger partial charge in [-0.25, -0.2) is 9.97 Å².